The Labute approximate surface area is 87.4 Å². The molecule has 2 heterocycles. The van der Waals surface area contributed by atoms with Crippen LogP contribution in [0.25, 0.3) is 16.6 Å². The SMILES string of the molecule is Cc1cccn1-c1ccc2cn[nH]c2c1. The Morgan fingerprint density at radius 1 is 1.27 bits per heavy atom. The summed E-state index contributed by atoms with van der Waals surface area (Å²) in [5, 5.41) is 8.13. The fourth-order valence-corrected chi connectivity index (χ4v) is 1.83. The van der Waals surface area contributed by atoms with Gasteiger partial charge in [0, 0.05) is 23.0 Å². The minimum absolute atomic E-state index is 1.07. The molecule has 2 aromatic heterocycles. The smallest absolute Gasteiger partial charge is 0.0671 e. The predicted molar refractivity (Wildman–Crippen MR) is 60.2 cm³/mol. The summed E-state index contributed by atoms with van der Waals surface area (Å²) in [5.74, 6) is 0. The Balaban J connectivity index is 2.23. The van der Waals surface area contributed by atoms with Crippen LogP contribution < -0.4 is 0 Å². The highest BCUT2D eigenvalue weighted by molar-refractivity contribution is 5.80. The number of rotatable bonds is 1. The quantitative estimate of drug-likeness (QED) is 0.639. The van der Waals surface area contributed by atoms with Gasteiger partial charge in [0.2, 0.25) is 0 Å². The molecule has 0 aliphatic carbocycles. The first-order valence-electron chi connectivity index (χ1n) is 4.92. The van der Waals surface area contributed by atoms with Crippen LogP contribution in [-0.2, 0) is 0 Å². The molecule has 0 unspecified atom stereocenters. The van der Waals surface area contributed by atoms with E-state index in [1.54, 1.807) is 0 Å². The minimum atomic E-state index is 1.07. The van der Waals surface area contributed by atoms with Gasteiger partial charge in [-0.1, -0.05) is 0 Å². The Bertz CT molecular complexity index is 604. The Hall–Kier alpha value is -2.03. The Kier molecular flexibility index (Phi) is 1.65. The van der Waals surface area contributed by atoms with Gasteiger partial charge < -0.3 is 4.57 Å². The van der Waals surface area contributed by atoms with Crippen molar-refractivity contribution < 1.29 is 0 Å². The van der Waals surface area contributed by atoms with Crippen molar-refractivity contribution >= 4 is 10.9 Å². The second kappa shape index (κ2) is 2.98. The molecule has 0 atom stereocenters. The number of nitrogens with one attached hydrogen (secondary N) is 1. The van der Waals surface area contributed by atoms with E-state index in [2.05, 4.69) is 52.2 Å². The molecule has 1 N–H and O–H groups in total. The van der Waals surface area contributed by atoms with Crippen molar-refractivity contribution in [2.24, 2.45) is 0 Å². The summed E-state index contributed by atoms with van der Waals surface area (Å²) in [6.07, 6.45) is 3.90. The van der Waals surface area contributed by atoms with Crippen molar-refractivity contribution in [1.29, 1.82) is 0 Å². The molecule has 3 heteroatoms. The number of aromatic nitrogens is 3. The molecular formula is C12H11N3. The third-order valence-electron chi connectivity index (χ3n) is 2.66. The summed E-state index contributed by atoms with van der Waals surface area (Å²) < 4.78 is 2.15. The monoisotopic (exact) mass is 197 g/mol. The lowest BCUT2D eigenvalue weighted by Crippen LogP contribution is -1.93. The zero-order chi connectivity index (χ0) is 10.3. The van der Waals surface area contributed by atoms with E-state index in [1.807, 2.05) is 12.3 Å². The Morgan fingerprint density at radius 3 is 3.00 bits per heavy atom. The third kappa shape index (κ3) is 1.24. The van der Waals surface area contributed by atoms with E-state index >= 15 is 0 Å². The highest BCUT2D eigenvalue weighted by atomic mass is 15.1. The van der Waals surface area contributed by atoms with Gasteiger partial charge in [-0.05, 0) is 37.3 Å². The number of fused-ring (bicyclic) bond motifs is 1. The van der Waals surface area contributed by atoms with Gasteiger partial charge in [0.15, 0.2) is 0 Å². The predicted octanol–water partition coefficient (Wildman–Crippen LogP) is 2.66. The number of aromatic amines is 1. The molecule has 15 heavy (non-hydrogen) atoms. The van der Waals surface area contributed by atoms with Crippen molar-refractivity contribution in [2.75, 3.05) is 0 Å². The summed E-state index contributed by atoms with van der Waals surface area (Å²) >= 11 is 0. The second-order valence-electron chi connectivity index (χ2n) is 3.66. The fourth-order valence-electron chi connectivity index (χ4n) is 1.83. The maximum Gasteiger partial charge on any atom is 0.0671 e. The Morgan fingerprint density at radius 2 is 2.20 bits per heavy atom. The second-order valence-corrected chi connectivity index (χ2v) is 3.66. The number of hydrogen-bond acceptors (Lipinski definition) is 1. The van der Waals surface area contributed by atoms with Gasteiger partial charge >= 0.3 is 0 Å². The summed E-state index contributed by atoms with van der Waals surface area (Å²) in [4.78, 5) is 0. The first-order valence-corrected chi connectivity index (χ1v) is 4.92. The van der Waals surface area contributed by atoms with Gasteiger partial charge in [-0.15, -0.1) is 0 Å². The lowest BCUT2D eigenvalue weighted by atomic mass is 10.2. The van der Waals surface area contributed by atoms with Crippen LogP contribution in [-0.4, -0.2) is 14.8 Å². The van der Waals surface area contributed by atoms with Gasteiger partial charge in [0.05, 0.1) is 11.7 Å². The van der Waals surface area contributed by atoms with E-state index in [0.29, 0.717) is 0 Å². The van der Waals surface area contributed by atoms with Crippen molar-refractivity contribution in [2.45, 2.75) is 6.92 Å². The van der Waals surface area contributed by atoms with Crippen molar-refractivity contribution in [3.05, 3.63) is 48.4 Å². The molecule has 1 aromatic carbocycles. The van der Waals surface area contributed by atoms with Gasteiger partial charge in [-0.25, -0.2) is 0 Å². The lowest BCUT2D eigenvalue weighted by molar-refractivity contribution is 1.02. The van der Waals surface area contributed by atoms with Gasteiger partial charge in [0.1, 0.15) is 0 Å². The maximum atomic E-state index is 4.01. The van der Waals surface area contributed by atoms with Crippen LogP contribution in [0.5, 0.6) is 0 Å². The van der Waals surface area contributed by atoms with E-state index in [9.17, 15) is 0 Å². The number of aryl methyl sites for hydroxylation is 1. The molecule has 0 saturated heterocycles. The van der Waals surface area contributed by atoms with Gasteiger partial charge in [-0.2, -0.15) is 5.10 Å². The number of nitrogens with zero attached hydrogens (tertiary/aromatic N) is 2. The first kappa shape index (κ1) is 8.29. The lowest BCUT2D eigenvalue weighted by Gasteiger charge is -2.05. The number of H-pyrrole nitrogens is 1. The number of hydrogen-bond donors (Lipinski definition) is 1. The van der Waals surface area contributed by atoms with E-state index in [4.69, 9.17) is 0 Å². The van der Waals surface area contributed by atoms with Crippen LogP contribution in [0.15, 0.2) is 42.7 Å². The number of benzene rings is 1. The molecule has 0 bridgehead atoms. The van der Waals surface area contributed by atoms with E-state index < -0.39 is 0 Å². The highest BCUT2D eigenvalue weighted by Gasteiger charge is 2.01. The highest BCUT2D eigenvalue weighted by Crippen LogP contribution is 2.17. The summed E-state index contributed by atoms with van der Waals surface area (Å²) in [5.41, 5.74) is 3.46. The zero-order valence-corrected chi connectivity index (χ0v) is 8.44. The minimum Gasteiger partial charge on any atom is -0.321 e. The van der Waals surface area contributed by atoms with Crippen LogP contribution in [0.3, 0.4) is 0 Å². The molecule has 0 saturated carbocycles. The molecule has 0 fully saturated rings. The standard InChI is InChI=1S/C12H11N3/c1-9-3-2-6-15(9)11-5-4-10-8-13-14-12(10)7-11/h2-8H,1H3,(H,13,14). The molecule has 0 amide bonds. The average molecular weight is 197 g/mol. The average Bonchev–Trinajstić information content (AvgIpc) is 2.84. The third-order valence-corrected chi connectivity index (χ3v) is 2.66. The first-order chi connectivity index (χ1) is 7.34. The maximum absolute atomic E-state index is 4.01. The molecule has 0 aliphatic heterocycles. The molecular weight excluding hydrogens is 186 g/mol. The molecule has 3 nitrogen and oxygen atoms in total. The van der Waals surface area contributed by atoms with Crippen molar-refractivity contribution in [1.82, 2.24) is 14.8 Å². The van der Waals surface area contributed by atoms with Crippen molar-refractivity contribution in [3.63, 3.8) is 0 Å². The summed E-state index contributed by atoms with van der Waals surface area (Å²) in [6.45, 7) is 2.09. The molecule has 74 valence electrons. The fraction of sp³-hybridized carbons (Fsp3) is 0.0833. The normalized spacial score (nSPS) is 11.0. The molecule has 0 radical (unpaired) electrons. The molecule has 3 rings (SSSR count). The topological polar surface area (TPSA) is 33.6 Å². The van der Waals surface area contributed by atoms with Crippen LogP contribution in [0, 0.1) is 6.92 Å². The van der Waals surface area contributed by atoms with Crippen LogP contribution in [0.1, 0.15) is 5.69 Å². The van der Waals surface area contributed by atoms with Gasteiger partial charge in [0.25, 0.3) is 0 Å². The largest absolute Gasteiger partial charge is 0.321 e. The zero-order valence-electron chi connectivity index (χ0n) is 8.44. The summed E-state index contributed by atoms with van der Waals surface area (Å²) in [6, 6.07) is 10.4. The molecule has 3 aromatic rings. The van der Waals surface area contributed by atoms with Crippen molar-refractivity contribution in [3.8, 4) is 5.69 Å². The van der Waals surface area contributed by atoms with Crippen LogP contribution in [0.2, 0.25) is 0 Å². The van der Waals surface area contributed by atoms with E-state index in [0.717, 1.165) is 16.6 Å². The van der Waals surface area contributed by atoms with E-state index in [1.165, 1.54) is 5.69 Å². The summed E-state index contributed by atoms with van der Waals surface area (Å²) in [7, 11) is 0. The van der Waals surface area contributed by atoms with Crippen LogP contribution in [0.4, 0.5) is 0 Å². The molecule has 0 spiro atoms. The molecule has 0 aliphatic rings. The van der Waals surface area contributed by atoms with Gasteiger partial charge in [-0.3, -0.25) is 5.10 Å². The van der Waals surface area contributed by atoms with Crippen LogP contribution >= 0.6 is 0 Å². The van der Waals surface area contributed by atoms with E-state index in [-0.39, 0.29) is 0 Å².